The van der Waals surface area contributed by atoms with Crippen LogP contribution in [0.5, 0.6) is 11.5 Å². The van der Waals surface area contributed by atoms with Crippen LogP contribution in [-0.4, -0.2) is 80.4 Å². The fourth-order valence-corrected chi connectivity index (χ4v) is 6.47. The number of carbonyl (C=O) groups is 3. The number of aromatic hydroxyl groups is 1. The number of carbonyl (C=O) groups excluding carboxylic acids is 2. The molecule has 0 radical (unpaired) electrons. The van der Waals surface area contributed by atoms with Gasteiger partial charge in [0.2, 0.25) is 11.2 Å². The molecule has 1 aliphatic rings. The predicted molar refractivity (Wildman–Crippen MR) is 195 cm³/mol. The van der Waals surface area contributed by atoms with Gasteiger partial charge in [0, 0.05) is 54.8 Å². The first-order valence-electron chi connectivity index (χ1n) is 17.2. The number of nitrogens with zero attached hydrogens (tertiary/aromatic N) is 1. The van der Waals surface area contributed by atoms with Gasteiger partial charge in [-0.15, -0.1) is 0 Å². The van der Waals surface area contributed by atoms with Crippen LogP contribution < -0.4 is 20.9 Å². The number of aliphatic hydroxyl groups is 2. The van der Waals surface area contributed by atoms with Crippen LogP contribution in [0, 0.1) is 0 Å². The smallest absolute Gasteiger partial charge is 0.345 e. The first-order chi connectivity index (χ1) is 25.5. The topological polar surface area (TPSA) is 202 Å². The van der Waals surface area contributed by atoms with Gasteiger partial charge in [-0.1, -0.05) is 60.7 Å². The van der Waals surface area contributed by atoms with Crippen LogP contribution >= 0.6 is 0 Å². The van der Waals surface area contributed by atoms with Gasteiger partial charge in [0.25, 0.3) is 11.8 Å². The summed E-state index contributed by atoms with van der Waals surface area (Å²) in [7, 11) is 0. The number of phenolic OH excluding ortho intramolecular Hbond substituents is 1. The molecule has 0 bridgehead atoms. The molecule has 2 heterocycles. The first-order valence-corrected chi connectivity index (χ1v) is 17.2. The van der Waals surface area contributed by atoms with Gasteiger partial charge in [-0.3, -0.25) is 14.4 Å². The third-order valence-corrected chi connectivity index (χ3v) is 9.45. The zero-order chi connectivity index (χ0) is 37.5. The molecule has 6 rings (SSSR count). The Hall–Kier alpha value is -6.02. The Morgan fingerprint density at radius 2 is 1.62 bits per heavy atom. The number of aliphatic hydroxyl groups excluding tert-OH is 1. The fourth-order valence-electron chi connectivity index (χ4n) is 6.47. The van der Waals surface area contributed by atoms with Crippen LogP contribution in [0.15, 0.2) is 108 Å². The van der Waals surface area contributed by atoms with Gasteiger partial charge in [-0.05, 0) is 65.9 Å². The van der Waals surface area contributed by atoms with E-state index >= 15 is 0 Å². The van der Waals surface area contributed by atoms with Gasteiger partial charge < -0.3 is 45.7 Å². The molecule has 5 aromatic rings. The minimum Gasteiger partial charge on any atom is -0.506 e. The lowest BCUT2D eigenvalue weighted by Gasteiger charge is -2.32. The summed E-state index contributed by atoms with van der Waals surface area (Å²) >= 11 is 0. The van der Waals surface area contributed by atoms with Crippen molar-refractivity contribution in [2.75, 3.05) is 26.2 Å². The molecule has 2 amide bonds. The summed E-state index contributed by atoms with van der Waals surface area (Å²) in [5.41, 5.74) is -0.117. The number of pyridine rings is 1. The van der Waals surface area contributed by atoms with Gasteiger partial charge in [0.1, 0.15) is 11.5 Å². The van der Waals surface area contributed by atoms with Crippen molar-refractivity contribution in [2.24, 2.45) is 0 Å². The fraction of sp³-hybridized carbons (Fsp3) is 0.250. The number of carboxylic acid groups (broad SMARTS) is 1. The summed E-state index contributed by atoms with van der Waals surface area (Å²) in [6, 6.07) is 27.1. The van der Waals surface area contributed by atoms with Crippen LogP contribution in [0.4, 0.5) is 0 Å². The van der Waals surface area contributed by atoms with Crippen molar-refractivity contribution in [1.29, 1.82) is 0 Å². The van der Waals surface area contributed by atoms with Crippen molar-refractivity contribution in [3.05, 3.63) is 141 Å². The molecule has 1 aromatic heterocycles. The molecule has 0 spiro atoms. The van der Waals surface area contributed by atoms with Crippen molar-refractivity contribution >= 4 is 28.7 Å². The van der Waals surface area contributed by atoms with Gasteiger partial charge in [-0.2, -0.15) is 0 Å². The quantitative estimate of drug-likeness (QED) is 0.0948. The van der Waals surface area contributed by atoms with Crippen molar-refractivity contribution in [1.82, 2.24) is 20.5 Å². The minimum atomic E-state index is -2.29. The van der Waals surface area contributed by atoms with E-state index in [-0.39, 0.29) is 64.7 Å². The molecule has 13 nitrogen and oxygen atoms in total. The molecular formula is C40H40N4O9. The molecule has 13 heteroatoms. The second kappa shape index (κ2) is 16.1. The van der Waals surface area contributed by atoms with E-state index in [2.05, 4.69) is 15.6 Å². The van der Waals surface area contributed by atoms with Crippen LogP contribution in [0.1, 0.15) is 51.6 Å². The predicted octanol–water partition coefficient (Wildman–Crippen LogP) is 3.18. The summed E-state index contributed by atoms with van der Waals surface area (Å²) in [5, 5.41) is 48.7. The normalized spacial score (nSPS) is 15.0. The van der Waals surface area contributed by atoms with Crippen molar-refractivity contribution in [3.63, 3.8) is 0 Å². The monoisotopic (exact) mass is 720 g/mol. The molecule has 2 unspecified atom stereocenters. The van der Waals surface area contributed by atoms with E-state index in [1.54, 1.807) is 59.5 Å². The average molecular weight is 721 g/mol. The zero-order valence-electron chi connectivity index (χ0n) is 28.7. The number of nitrogens with one attached hydrogen (secondary N) is 3. The van der Waals surface area contributed by atoms with Crippen LogP contribution in [0.25, 0.3) is 10.9 Å². The van der Waals surface area contributed by atoms with E-state index in [9.17, 15) is 39.6 Å². The number of hydrogen-bond acceptors (Lipinski definition) is 9. The average Bonchev–Trinajstić information content (AvgIpc) is 3.17. The molecule has 1 saturated heterocycles. The Labute approximate surface area is 304 Å². The molecule has 1 fully saturated rings. The number of aromatic nitrogens is 1. The third kappa shape index (κ3) is 8.39. The highest BCUT2D eigenvalue weighted by Gasteiger charge is 2.40. The lowest BCUT2D eigenvalue weighted by atomic mass is 9.86. The van der Waals surface area contributed by atoms with Crippen LogP contribution in [0.2, 0.25) is 0 Å². The SMILES string of the molecule is O=C(NC1CCN(C(=O)COc2cccc(C(O)(C(=O)O)c3ccccc3)c2)CC1)c1ccc(CNCC(O)c2ccc(O)c3[nH]c(=O)ccc23)cc1. The number of aliphatic carboxylic acids is 1. The molecule has 53 heavy (non-hydrogen) atoms. The highest BCUT2D eigenvalue weighted by Crippen LogP contribution is 2.32. The lowest BCUT2D eigenvalue weighted by molar-refractivity contribution is -0.155. The third-order valence-electron chi connectivity index (χ3n) is 9.45. The largest absolute Gasteiger partial charge is 0.506 e. The van der Waals surface area contributed by atoms with E-state index in [0.29, 0.717) is 49.0 Å². The Kier molecular flexibility index (Phi) is 11.2. The van der Waals surface area contributed by atoms with Gasteiger partial charge in [0.05, 0.1) is 11.6 Å². The Morgan fingerprint density at radius 1 is 0.906 bits per heavy atom. The number of rotatable bonds is 13. The standard InChI is InChI=1S/C40H40N4O9/c45-33-15-13-31(32-14-16-35(47)43-37(32)33)34(46)23-41-22-25-9-11-26(12-10-25)38(49)42-29-17-19-44(20-18-29)36(48)24-53-30-8-4-7-28(21-30)40(52,39(50)51)27-5-2-1-3-6-27/h1-16,21,29,34,41,45-46,52H,17-20,22-24H2,(H,42,49)(H,43,47)(H,50,51). The van der Waals surface area contributed by atoms with Crippen LogP contribution in [-0.2, 0) is 21.7 Å². The molecule has 7 N–H and O–H groups in total. The number of aromatic amines is 1. The highest BCUT2D eigenvalue weighted by molar-refractivity contribution is 5.94. The summed E-state index contributed by atoms with van der Waals surface area (Å²) < 4.78 is 5.71. The van der Waals surface area contributed by atoms with Gasteiger partial charge >= 0.3 is 5.97 Å². The lowest BCUT2D eigenvalue weighted by Crippen LogP contribution is -2.47. The number of ether oxygens (including phenoxy) is 1. The number of fused-ring (bicyclic) bond motifs is 1. The van der Waals surface area contributed by atoms with E-state index in [4.69, 9.17) is 4.74 Å². The minimum absolute atomic E-state index is 0.0753. The van der Waals surface area contributed by atoms with E-state index in [0.717, 1.165) is 5.56 Å². The molecule has 274 valence electrons. The molecule has 2 atom stereocenters. The number of piperidine rings is 1. The Bertz CT molecular complexity index is 2150. The Morgan fingerprint density at radius 3 is 2.34 bits per heavy atom. The number of hydrogen-bond donors (Lipinski definition) is 7. The second-order valence-corrected chi connectivity index (χ2v) is 13.0. The van der Waals surface area contributed by atoms with E-state index < -0.39 is 17.7 Å². The Balaban J connectivity index is 0.941. The molecule has 0 aliphatic carbocycles. The summed E-state index contributed by atoms with van der Waals surface area (Å²) in [4.78, 5) is 54.0. The number of amides is 2. The molecule has 1 aliphatic heterocycles. The summed E-state index contributed by atoms with van der Waals surface area (Å²) in [6.45, 7) is 1.23. The molecule has 0 saturated carbocycles. The maximum atomic E-state index is 13.0. The van der Waals surface area contributed by atoms with Crippen molar-refractivity contribution < 1.29 is 39.5 Å². The van der Waals surface area contributed by atoms with E-state index in [1.807, 2.05) is 12.1 Å². The number of benzene rings is 4. The second-order valence-electron chi connectivity index (χ2n) is 13.0. The number of phenols is 1. The van der Waals surface area contributed by atoms with E-state index in [1.165, 1.54) is 36.4 Å². The van der Waals surface area contributed by atoms with Gasteiger partial charge in [0.15, 0.2) is 6.61 Å². The zero-order valence-corrected chi connectivity index (χ0v) is 28.7. The van der Waals surface area contributed by atoms with Crippen molar-refractivity contribution in [3.8, 4) is 11.5 Å². The number of H-pyrrole nitrogens is 1. The maximum absolute atomic E-state index is 13.0. The molecular weight excluding hydrogens is 680 g/mol. The maximum Gasteiger partial charge on any atom is 0.345 e. The molecule has 4 aromatic carbocycles. The number of carboxylic acids is 1. The van der Waals surface area contributed by atoms with Gasteiger partial charge in [-0.25, -0.2) is 4.79 Å². The highest BCUT2D eigenvalue weighted by atomic mass is 16.5. The van der Waals surface area contributed by atoms with Crippen molar-refractivity contribution in [2.45, 2.75) is 37.1 Å². The van der Waals surface area contributed by atoms with Crippen LogP contribution in [0.3, 0.4) is 0 Å². The first kappa shape index (κ1) is 36.8. The summed E-state index contributed by atoms with van der Waals surface area (Å²) in [5.74, 6) is -1.74. The summed E-state index contributed by atoms with van der Waals surface area (Å²) in [6.07, 6.45) is 0.229. The number of likely N-dealkylation sites (tertiary alicyclic amines) is 1.